The van der Waals surface area contributed by atoms with Crippen LogP contribution in [0, 0.1) is 6.92 Å². The fourth-order valence-electron chi connectivity index (χ4n) is 1.09. The molecule has 0 aliphatic heterocycles. The first-order valence-corrected chi connectivity index (χ1v) is 5.87. The van der Waals surface area contributed by atoms with Gasteiger partial charge in [-0.2, -0.15) is 0 Å². The van der Waals surface area contributed by atoms with Gasteiger partial charge in [0, 0.05) is 0 Å². The minimum Gasteiger partial charge on any atom is -0.463 e. The summed E-state index contributed by atoms with van der Waals surface area (Å²) in [5, 5.41) is 0.711. The highest BCUT2D eigenvalue weighted by atomic mass is 35.5. The maximum atomic E-state index is 11.4. The number of ether oxygens (including phenoxy) is 2. The van der Waals surface area contributed by atoms with Gasteiger partial charge < -0.3 is 9.47 Å². The lowest BCUT2D eigenvalue weighted by molar-refractivity contribution is -0.150. The Morgan fingerprint density at radius 3 is 2.71 bits per heavy atom. The average Bonchev–Trinajstić information content (AvgIpc) is 2.26. The Morgan fingerprint density at radius 2 is 2.12 bits per heavy atom. The number of hydrogen-bond donors (Lipinski definition) is 0. The van der Waals surface area contributed by atoms with E-state index in [1.807, 2.05) is 0 Å². The molecule has 1 heterocycles. The Morgan fingerprint density at radius 1 is 1.47 bits per heavy atom. The van der Waals surface area contributed by atoms with Crippen LogP contribution in [0.25, 0.3) is 0 Å². The number of aromatic nitrogens is 1. The van der Waals surface area contributed by atoms with Gasteiger partial charge in [-0.3, -0.25) is 0 Å². The molecule has 0 saturated carbocycles. The Bertz CT molecular complexity index is 423. The van der Waals surface area contributed by atoms with Crippen molar-refractivity contribution in [3.05, 3.63) is 21.8 Å². The first-order chi connectivity index (χ1) is 7.95. The molecular weight excluding hydrogens is 265 g/mol. The van der Waals surface area contributed by atoms with Crippen LogP contribution in [0.5, 0.6) is 5.88 Å². The summed E-state index contributed by atoms with van der Waals surface area (Å²) >= 11 is 11.7. The lowest BCUT2D eigenvalue weighted by Crippen LogP contribution is -2.26. The van der Waals surface area contributed by atoms with Crippen molar-refractivity contribution in [2.45, 2.75) is 26.9 Å². The van der Waals surface area contributed by atoms with Gasteiger partial charge in [0.2, 0.25) is 5.88 Å². The number of aryl methyl sites for hydroxylation is 1. The SMILES string of the molecule is CCOC(=O)C(C)Oc1nc(C)c(Cl)cc1Cl. The third kappa shape index (κ3) is 3.75. The fourth-order valence-corrected chi connectivity index (χ4v) is 1.50. The van der Waals surface area contributed by atoms with E-state index in [9.17, 15) is 4.79 Å². The van der Waals surface area contributed by atoms with Crippen LogP contribution in [-0.4, -0.2) is 23.7 Å². The van der Waals surface area contributed by atoms with Crippen molar-refractivity contribution >= 4 is 29.2 Å². The summed E-state index contributed by atoms with van der Waals surface area (Å²) in [5.74, 6) is -0.285. The highest BCUT2D eigenvalue weighted by molar-refractivity contribution is 6.35. The van der Waals surface area contributed by atoms with Gasteiger partial charge >= 0.3 is 5.97 Å². The van der Waals surface area contributed by atoms with Crippen LogP contribution in [0.1, 0.15) is 19.5 Å². The Balaban J connectivity index is 2.81. The number of nitrogens with zero attached hydrogens (tertiary/aromatic N) is 1. The zero-order valence-electron chi connectivity index (χ0n) is 9.79. The number of pyridine rings is 1. The molecule has 0 saturated heterocycles. The first kappa shape index (κ1) is 14.1. The smallest absolute Gasteiger partial charge is 0.347 e. The quantitative estimate of drug-likeness (QED) is 0.794. The van der Waals surface area contributed by atoms with Gasteiger partial charge in [-0.05, 0) is 26.8 Å². The van der Waals surface area contributed by atoms with Crippen LogP contribution < -0.4 is 4.74 Å². The van der Waals surface area contributed by atoms with E-state index in [1.165, 1.54) is 6.07 Å². The van der Waals surface area contributed by atoms with E-state index in [-0.39, 0.29) is 10.9 Å². The molecule has 0 radical (unpaired) electrons. The molecule has 0 amide bonds. The fraction of sp³-hybridized carbons (Fsp3) is 0.455. The van der Waals surface area contributed by atoms with Gasteiger partial charge in [0.15, 0.2) is 6.10 Å². The van der Waals surface area contributed by atoms with Crippen molar-refractivity contribution < 1.29 is 14.3 Å². The zero-order chi connectivity index (χ0) is 13.0. The molecule has 0 aliphatic carbocycles. The molecule has 0 spiro atoms. The van der Waals surface area contributed by atoms with E-state index in [2.05, 4.69) is 4.98 Å². The van der Waals surface area contributed by atoms with E-state index in [0.717, 1.165) is 0 Å². The van der Waals surface area contributed by atoms with Gasteiger partial charge in [0.1, 0.15) is 5.02 Å². The molecule has 0 fully saturated rings. The standard InChI is InChI=1S/C11H13Cl2NO3/c1-4-16-11(15)7(3)17-10-9(13)5-8(12)6(2)14-10/h5,7H,4H2,1-3H3. The molecule has 0 aromatic carbocycles. The third-order valence-electron chi connectivity index (χ3n) is 1.98. The summed E-state index contributed by atoms with van der Waals surface area (Å²) in [6, 6.07) is 1.53. The number of halogens is 2. The summed E-state index contributed by atoms with van der Waals surface area (Å²) in [4.78, 5) is 15.4. The second kappa shape index (κ2) is 6.07. The number of esters is 1. The number of carbonyl (C=O) groups excluding carboxylic acids is 1. The van der Waals surface area contributed by atoms with Crippen LogP contribution in [0.15, 0.2) is 6.07 Å². The van der Waals surface area contributed by atoms with Gasteiger partial charge in [-0.25, -0.2) is 9.78 Å². The number of carbonyl (C=O) groups is 1. The Kier molecular flexibility index (Phi) is 5.02. The second-order valence-corrected chi connectivity index (χ2v) is 4.17. The molecule has 1 aromatic rings. The van der Waals surface area contributed by atoms with Crippen LogP contribution in [-0.2, 0) is 9.53 Å². The monoisotopic (exact) mass is 277 g/mol. The molecule has 0 N–H and O–H groups in total. The lowest BCUT2D eigenvalue weighted by Gasteiger charge is -2.14. The van der Waals surface area contributed by atoms with E-state index in [1.54, 1.807) is 20.8 Å². The summed E-state index contributed by atoms with van der Waals surface area (Å²) in [6.45, 7) is 5.32. The molecular formula is C11H13Cl2NO3. The van der Waals surface area contributed by atoms with Gasteiger partial charge in [-0.1, -0.05) is 23.2 Å². The lowest BCUT2D eigenvalue weighted by atomic mass is 10.3. The van der Waals surface area contributed by atoms with Gasteiger partial charge in [0.25, 0.3) is 0 Å². The zero-order valence-corrected chi connectivity index (χ0v) is 11.3. The third-order valence-corrected chi connectivity index (χ3v) is 2.63. The van der Waals surface area contributed by atoms with Crippen molar-refractivity contribution in [3.63, 3.8) is 0 Å². The summed E-state index contributed by atoms with van der Waals surface area (Å²) in [6.07, 6.45) is -0.763. The molecule has 1 rings (SSSR count). The maximum Gasteiger partial charge on any atom is 0.347 e. The van der Waals surface area contributed by atoms with Crippen LogP contribution in [0.4, 0.5) is 0 Å². The van der Waals surface area contributed by atoms with Crippen molar-refractivity contribution in [1.29, 1.82) is 0 Å². The summed E-state index contributed by atoms with van der Waals surface area (Å²) in [5.41, 5.74) is 0.585. The maximum absolute atomic E-state index is 11.4. The van der Waals surface area contributed by atoms with Crippen LogP contribution in [0.3, 0.4) is 0 Å². The molecule has 0 aliphatic rings. The summed E-state index contributed by atoms with van der Waals surface area (Å²) in [7, 11) is 0. The van der Waals surface area contributed by atoms with Crippen molar-refractivity contribution in [2.75, 3.05) is 6.61 Å². The normalized spacial score (nSPS) is 12.1. The highest BCUT2D eigenvalue weighted by Gasteiger charge is 2.18. The van der Waals surface area contributed by atoms with Crippen molar-refractivity contribution in [2.24, 2.45) is 0 Å². The molecule has 1 unspecified atom stereocenters. The molecule has 1 atom stereocenters. The van der Waals surface area contributed by atoms with Crippen LogP contribution in [0.2, 0.25) is 10.0 Å². The first-order valence-electron chi connectivity index (χ1n) is 5.11. The Labute approximate surface area is 110 Å². The van der Waals surface area contributed by atoms with E-state index >= 15 is 0 Å². The van der Waals surface area contributed by atoms with Crippen molar-refractivity contribution in [3.8, 4) is 5.88 Å². The van der Waals surface area contributed by atoms with Crippen LogP contribution >= 0.6 is 23.2 Å². The topological polar surface area (TPSA) is 48.4 Å². The molecule has 4 nitrogen and oxygen atoms in total. The summed E-state index contributed by atoms with van der Waals surface area (Å²) < 4.78 is 10.1. The number of rotatable bonds is 4. The molecule has 0 bridgehead atoms. The average molecular weight is 278 g/mol. The largest absolute Gasteiger partial charge is 0.463 e. The number of hydrogen-bond acceptors (Lipinski definition) is 4. The molecule has 17 heavy (non-hydrogen) atoms. The molecule has 1 aromatic heterocycles. The van der Waals surface area contributed by atoms with E-state index in [0.29, 0.717) is 17.3 Å². The van der Waals surface area contributed by atoms with Crippen molar-refractivity contribution in [1.82, 2.24) is 4.98 Å². The Hall–Kier alpha value is -1.000. The second-order valence-electron chi connectivity index (χ2n) is 3.35. The predicted molar refractivity (Wildman–Crippen MR) is 65.7 cm³/mol. The molecule has 6 heteroatoms. The molecule has 94 valence electrons. The highest BCUT2D eigenvalue weighted by Crippen LogP contribution is 2.28. The predicted octanol–water partition coefficient (Wildman–Crippen LogP) is 3.03. The minimum atomic E-state index is -0.763. The van der Waals surface area contributed by atoms with E-state index in [4.69, 9.17) is 32.7 Å². The minimum absolute atomic E-state index is 0.175. The van der Waals surface area contributed by atoms with Gasteiger partial charge in [0.05, 0.1) is 17.3 Å². The van der Waals surface area contributed by atoms with Gasteiger partial charge in [-0.15, -0.1) is 0 Å². The van der Waals surface area contributed by atoms with E-state index < -0.39 is 12.1 Å².